The number of fused-ring (bicyclic) bond motifs is 3. The van der Waals surface area contributed by atoms with Gasteiger partial charge in [0, 0.05) is 35.8 Å². The van der Waals surface area contributed by atoms with E-state index in [1.165, 1.54) is 0 Å². The van der Waals surface area contributed by atoms with E-state index in [1.54, 1.807) is 6.07 Å². The quantitative estimate of drug-likeness (QED) is 0.391. The van der Waals surface area contributed by atoms with Crippen LogP contribution in [0.25, 0.3) is 21.8 Å². The minimum absolute atomic E-state index is 0.0154. The van der Waals surface area contributed by atoms with Gasteiger partial charge in [-0.2, -0.15) is 0 Å². The summed E-state index contributed by atoms with van der Waals surface area (Å²) < 4.78 is 2.16. The van der Waals surface area contributed by atoms with E-state index >= 15 is 0 Å². The molecule has 2 aromatic heterocycles. The number of carbonyl (C=O) groups is 2. The number of aromatic carboxylic acids is 1. The predicted molar refractivity (Wildman–Crippen MR) is 114 cm³/mol. The Morgan fingerprint density at radius 2 is 1.70 bits per heavy atom. The number of para-hydroxylation sites is 1. The summed E-state index contributed by atoms with van der Waals surface area (Å²) in [6.45, 7) is 0.841. The van der Waals surface area contributed by atoms with Crippen molar-refractivity contribution in [1.29, 1.82) is 0 Å². The highest BCUT2D eigenvalue weighted by atomic mass is 16.4. The Balaban J connectivity index is 1.88. The molecule has 0 atom stereocenters. The number of carboxylic acids is 2. The monoisotopic (exact) mass is 403 g/mol. The molecule has 0 bridgehead atoms. The first kappa shape index (κ1) is 19.6. The first-order valence-corrected chi connectivity index (χ1v) is 9.65. The average Bonchev–Trinajstić information content (AvgIpc) is 3.05. The van der Waals surface area contributed by atoms with E-state index in [4.69, 9.17) is 5.11 Å². The van der Waals surface area contributed by atoms with Crippen LogP contribution in [-0.2, 0) is 17.8 Å². The van der Waals surface area contributed by atoms with Gasteiger partial charge < -0.3 is 20.1 Å². The fourth-order valence-corrected chi connectivity index (χ4v) is 3.77. The number of carboxylic acid groups (broad SMARTS) is 2. The SMILES string of the molecule is O=C(O)CNCCc1nc(C(=O)O)cc2c3ccccc3n(Cc3ccccc3)c12. The molecule has 0 aliphatic heterocycles. The van der Waals surface area contributed by atoms with Gasteiger partial charge in [0.25, 0.3) is 0 Å². The molecule has 30 heavy (non-hydrogen) atoms. The summed E-state index contributed by atoms with van der Waals surface area (Å²) in [5.41, 5.74) is 3.62. The second-order valence-corrected chi connectivity index (χ2v) is 7.06. The van der Waals surface area contributed by atoms with E-state index in [-0.39, 0.29) is 12.2 Å². The van der Waals surface area contributed by atoms with E-state index in [1.807, 2.05) is 54.6 Å². The Labute approximate surface area is 172 Å². The van der Waals surface area contributed by atoms with E-state index < -0.39 is 11.9 Å². The number of nitrogens with zero attached hydrogens (tertiary/aromatic N) is 2. The van der Waals surface area contributed by atoms with Crippen LogP contribution in [0.4, 0.5) is 0 Å². The van der Waals surface area contributed by atoms with Crippen LogP contribution in [-0.4, -0.2) is 44.8 Å². The van der Waals surface area contributed by atoms with E-state index in [0.29, 0.717) is 25.2 Å². The van der Waals surface area contributed by atoms with Gasteiger partial charge in [-0.25, -0.2) is 9.78 Å². The zero-order valence-corrected chi connectivity index (χ0v) is 16.2. The second-order valence-electron chi connectivity index (χ2n) is 7.06. The van der Waals surface area contributed by atoms with Crippen molar-refractivity contribution < 1.29 is 19.8 Å². The summed E-state index contributed by atoms with van der Waals surface area (Å²) in [6, 6.07) is 19.6. The van der Waals surface area contributed by atoms with Crippen molar-refractivity contribution in [3.05, 3.63) is 77.6 Å². The van der Waals surface area contributed by atoms with Gasteiger partial charge in [0.15, 0.2) is 0 Å². The highest BCUT2D eigenvalue weighted by Crippen LogP contribution is 2.32. The van der Waals surface area contributed by atoms with Gasteiger partial charge >= 0.3 is 11.9 Å². The topological polar surface area (TPSA) is 104 Å². The van der Waals surface area contributed by atoms with Gasteiger partial charge in [0.1, 0.15) is 5.69 Å². The summed E-state index contributed by atoms with van der Waals surface area (Å²) in [4.78, 5) is 26.9. The Bertz CT molecular complexity index is 1230. The smallest absolute Gasteiger partial charge is 0.354 e. The number of nitrogens with one attached hydrogen (secondary N) is 1. The standard InChI is InChI=1S/C23H21N3O4/c27-21(28)13-24-11-10-18-22-17(12-19(25-18)23(29)30)16-8-4-5-9-20(16)26(22)14-15-6-2-1-3-7-15/h1-9,12,24H,10-11,13-14H2,(H,27,28)(H,29,30). The van der Waals surface area contributed by atoms with Crippen LogP contribution in [0.3, 0.4) is 0 Å². The van der Waals surface area contributed by atoms with Crippen LogP contribution in [0.1, 0.15) is 21.7 Å². The van der Waals surface area contributed by atoms with Crippen molar-refractivity contribution in [2.24, 2.45) is 0 Å². The molecule has 2 aromatic carbocycles. The molecule has 0 unspecified atom stereocenters. The molecule has 0 fully saturated rings. The molecule has 4 aromatic rings. The van der Waals surface area contributed by atoms with Crippen LogP contribution in [0.2, 0.25) is 0 Å². The van der Waals surface area contributed by atoms with Gasteiger partial charge in [-0.15, -0.1) is 0 Å². The Morgan fingerprint density at radius 3 is 2.43 bits per heavy atom. The number of rotatable bonds is 8. The third-order valence-corrected chi connectivity index (χ3v) is 5.04. The third kappa shape index (κ3) is 3.88. The minimum Gasteiger partial charge on any atom is -0.480 e. The first-order chi connectivity index (χ1) is 14.5. The Kier molecular flexibility index (Phi) is 5.45. The zero-order chi connectivity index (χ0) is 21.1. The number of aliphatic carboxylic acids is 1. The molecule has 7 heteroatoms. The van der Waals surface area contributed by atoms with Crippen molar-refractivity contribution in [1.82, 2.24) is 14.9 Å². The molecule has 0 saturated carbocycles. The number of pyridine rings is 1. The fraction of sp³-hybridized carbons (Fsp3) is 0.174. The lowest BCUT2D eigenvalue weighted by Gasteiger charge is -2.12. The predicted octanol–water partition coefficient (Wildman–Crippen LogP) is 3.15. The minimum atomic E-state index is -1.09. The molecule has 2 heterocycles. The van der Waals surface area contributed by atoms with Crippen molar-refractivity contribution >= 4 is 33.7 Å². The first-order valence-electron chi connectivity index (χ1n) is 9.65. The highest BCUT2D eigenvalue weighted by Gasteiger charge is 2.19. The lowest BCUT2D eigenvalue weighted by atomic mass is 10.1. The maximum atomic E-state index is 11.7. The van der Waals surface area contributed by atoms with Crippen LogP contribution in [0.15, 0.2) is 60.7 Å². The molecule has 0 aliphatic carbocycles. The highest BCUT2D eigenvalue weighted by molar-refractivity contribution is 6.10. The second kappa shape index (κ2) is 8.34. The number of hydrogen-bond donors (Lipinski definition) is 3. The lowest BCUT2D eigenvalue weighted by Crippen LogP contribution is -2.25. The van der Waals surface area contributed by atoms with Crippen LogP contribution in [0.5, 0.6) is 0 Å². The number of hydrogen-bond acceptors (Lipinski definition) is 4. The van der Waals surface area contributed by atoms with Crippen molar-refractivity contribution in [3.63, 3.8) is 0 Å². The zero-order valence-electron chi connectivity index (χ0n) is 16.2. The summed E-state index contributed by atoms with van der Waals surface area (Å²) >= 11 is 0. The van der Waals surface area contributed by atoms with Crippen molar-refractivity contribution in [2.45, 2.75) is 13.0 Å². The molecule has 0 radical (unpaired) electrons. The molecule has 0 spiro atoms. The van der Waals surface area contributed by atoms with E-state index in [0.717, 1.165) is 27.4 Å². The lowest BCUT2D eigenvalue weighted by molar-refractivity contribution is -0.135. The number of aromatic nitrogens is 2. The summed E-state index contributed by atoms with van der Waals surface area (Å²) in [6.07, 6.45) is 0.413. The maximum Gasteiger partial charge on any atom is 0.354 e. The van der Waals surface area contributed by atoms with Crippen molar-refractivity contribution in [3.8, 4) is 0 Å². The molecule has 7 nitrogen and oxygen atoms in total. The average molecular weight is 403 g/mol. The molecule has 4 rings (SSSR count). The van der Waals surface area contributed by atoms with Gasteiger partial charge in [-0.05, 0) is 17.7 Å². The molecule has 0 aliphatic rings. The van der Waals surface area contributed by atoms with Gasteiger partial charge in [0.05, 0.1) is 17.8 Å². The van der Waals surface area contributed by atoms with Crippen LogP contribution in [0, 0.1) is 0 Å². The van der Waals surface area contributed by atoms with Gasteiger partial charge in [-0.1, -0.05) is 48.5 Å². The van der Waals surface area contributed by atoms with E-state index in [2.05, 4.69) is 14.9 Å². The third-order valence-electron chi connectivity index (χ3n) is 5.04. The van der Waals surface area contributed by atoms with Crippen LogP contribution >= 0.6 is 0 Å². The largest absolute Gasteiger partial charge is 0.480 e. The van der Waals surface area contributed by atoms with Crippen molar-refractivity contribution in [2.75, 3.05) is 13.1 Å². The number of benzene rings is 2. The molecular weight excluding hydrogens is 382 g/mol. The van der Waals surface area contributed by atoms with E-state index in [9.17, 15) is 14.7 Å². The Hall–Kier alpha value is -3.71. The fourth-order valence-electron chi connectivity index (χ4n) is 3.77. The summed E-state index contributed by atoms with van der Waals surface area (Å²) in [5, 5.41) is 23.1. The molecule has 3 N–H and O–H groups in total. The molecule has 152 valence electrons. The molecular formula is C23H21N3O4. The molecule has 0 saturated heterocycles. The molecule has 0 amide bonds. The normalized spacial score (nSPS) is 11.2. The van der Waals surface area contributed by atoms with Crippen LogP contribution < -0.4 is 5.32 Å². The maximum absolute atomic E-state index is 11.7. The summed E-state index contributed by atoms with van der Waals surface area (Å²) in [7, 11) is 0. The van der Waals surface area contributed by atoms with Gasteiger partial charge in [0.2, 0.25) is 0 Å². The Morgan fingerprint density at radius 1 is 0.967 bits per heavy atom. The summed E-state index contributed by atoms with van der Waals surface area (Å²) in [5.74, 6) is -2.03. The van der Waals surface area contributed by atoms with Gasteiger partial charge in [-0.3, -0.25) is 4.79 Å².